The SMILES string of the molecule is CC1(C)Cc2ccc(Cl)cc2C1NCCNC(=O)C1CC1. The zero-order chi connectivity index (χ0) is 15.0. The van der Waals surface area contributed by atoms with Gasteiger partial charge in [0, 0.05) is 30.1 Å². The van der Waals surface area contributed by atoms with E-state index >= 15 is 0 Å². The minimum Gasteiger partial charge on any atom is -0.355 e. The summed E-state index contributed by atoms with van der Waals surface area (Å²) in [5.74, 6) is 0.499. The van der Waals surface area contributed by atoms with Crippen LogP contribution < -0.4 is 10.6 Å². The van der Waals surface area contributed by atoms with E-state index < -0.39 is 0 Å². The fourth-order valence-electron chi connectivity index (χ4n) is 3.29. The lowest BCUT2D eigenvalue weighted by molar-refractivity contribution is -0.122. The van der Waals surface area contributed by atoms with Crippen molar-refractivity contribution in [2.24, 2.45) is 11.3 Å². The van der Waals surface area contributed by atoms with E-state index in [-0.39, 0.29) is 17.2 Å². The summed E-state index contributed by atoms with van der Waals surface area (Å²) >= 11 is 6.14. The van der Waals surface area contributed by atoms with Gasteiger partial charge in [0.25, 0.3) is 0 Å². The van der Waals surface area contributed by atoms with Gasteiger partial charge in [-0.25, -0.2) is 0 Å². The van der Waals surface area contributed by atoms with E-state index in [2.05, 4.69) is 36.6 Å². The van der Waals surface area contributed by atoms with Crippen LogP contribution in [0.4, 0.5) is 0 Å². The summed E-state index contributed by atoms with van der Waals surface area (Å²) in [4.78, 5) is 11.6. The van der Waals surface area contributed by atoms with Crippen molar-refractivity contribution in [3.8, 4) is 0 Å². The molecule has 1 unspecified atom stereocenters. The Morgan fingerprint density at radius 3 is 2.81 bits per heavy atom. The summed E-state index contributed by atoms with van der Waals surface area (Å²) in [7, 11) is 0. The van der Waals surface area contributed by atoms with Crippen molar-refractivity contribution in [3.63, 3.8) is 0 Å². The summed E-state index contributed by atoms with van der Waals surface area (Å²) in [6.07, 6.45) is 3.17. The topological polar surface area (TPSA) is 41.1 Å². The first-order valence-corrected chi connectivity index (χ1v) is 8.14. The maximum atomic E-state index is 11.6. The molecular formula is C17H23ClN2O. The summed E-state index contributed by atoms with van der Waals surface area (Å²) in [5, 5.41) is 7.39. The minimum atomic E-state index is 0.174. The summed E-state index contributed by atoms with van der Waals surface area (Å²) < 4.78 is 0. The molecule has 4 heteroatoms. The van der Waals surface area contributed by atoms with Gasteiger partial charge >= 0.3 is 0 Å². The van der Waals surface area contributed by atoms with Crippen LogP contribution in [0.3, 0.4) is 0 Å². The third kappa shape index (κ3) is 3.24. The van der Waals surface area contributed by atoms with Gasteiger partial charge < -0.3 is 10.6 Å². The lowest BCUT2D eigenvalue weighted by Gasteiger charge is -2.28. The van der Waals surface area contributed by atoms with Crippen molar-refractivity contribution in [1.82, 2.24) is 10.6 Å². The molecule has 3 rings (SSSR count). The monoisotopic (exact) mass is 306 g/mol. The van der Waals surface area contributed by atoms with Crippen LogP contribution in [0.1, 0.15) is 43.9 Å². The van der Waals surface area contributed by atoms with E-state index in [4.69, 9.17) is 11.6 Å². The van der Waals surface area contributed by atoms with Gasteiger partial charge in [0.15, 0.2) is 0 Å². The molecule has 0 heterocycles. The molecule has 0 bridgehead atoms. The minimum absolute atomic E-state index is 0.174. The zero-order valence-corrected chi connectivity index (χ0v) is 13.5. The Labute approximate surface area is 131 Å². The second-order valence-electron chi connectivity index (χ2n) is 6.96. The Bertz CT molecular complexity index is 552. The van der Waals surface area contributed by atoms with Gasteiger partial charge in [0.1, 0.15) is 0 Å². The number of halogens is 1. The standard InChI is InChI=1S/C17H23ClN2O/c1-17(2)10-12-5-6-13(18)9-14(12)15(17)19-7-8-20-16(21)11-3-4-11/h5-6,9,11,15,19H,3-4,7-8,10H2,1-2H3,(H,20,21). The average Bonchev–Trinajstić information content (AvgIpc) is 3.21. The number of hydrogen-bond donors (Lipinski definition) is 2. The van der Waals surface area contributed by atoms with Crippen LogP contribution in [0, 0.1) is 11.3 Å². The van der Waals surface area contributed by atoms with Crippen LogP contribution in [-0.2, 0) is 11.2 Å². The number of rotatable bonds is 5. The maximum Gasteiger partial charge on any atom is 0.223 e. The summed E-state index contributed by atoms with van der Waals surface area (Å²) in [5.41, 5.74) is 2.86. The van der Waals surface area contributed by atoms with Crippen LogP contribution in [0.2, 0.25) is 5.02 Å². The Kier molecular flexibility index (Phi) is 3.98. The van der Waals surface area contributed by atoms with Gasteiger partial charge in [0.2, 0.25) is 5.91 Å². The van der Waals surface area contributed by atoms with E-state index in [1.807, 2.05) is 6.07 Å². The number of benzene rings is 1. The molecule has 2 N–H and O–H groups in total. The lowest BCUT2D eigenvalue weighted by atomic mass is 9.85. The highest BCUT2D eigenvalue weighted by atomic mass is 35.5. The maximum absolute atomic E-state index is 11.6. The van der Waals surface area contributed by atoms with E-state index in [0.717, 1.165) is 30.8 Å². The largest absolute Gasteiger partial charge is 0.355 e. The van der Waals surface area contributed by atoms with Crippen LogP contribution >= 0.6 is 11.6 Å². The predicted molar refractivity (Wildman–Crippen MR) is 85.4 cm³/mol. The fraction of sp³-hybridized carbons (Fsp3) is 0.588. The van der Waals surface area contributed by atoms with Crippen LogP contribution in [0.5, 0.6) is 0 Å². The molecule has 0 aliphatic heterocycles. The zero-order valence-electron chi connectivity index (χ0n) is 12.7. The number of hydrogen-bond acceptors (Lipinski definition) is 2. The van der Waals surface area contributed by atoms with Gasteiger partial charge in [-0.1, -0.05) is 31.5 Å². The molecule has 2 aliphatic carbocycles. The van der Waals surface area contributed by atoms with Crippen LogP contribution in [0.15, 0.2) is 18.2 Å². The highest BCUT2D eigenvalue weighted by Gasteiger charge is 2.38. The Hall–Kier alpha value is -1.06. The third-order valence-corrected chi connectivity index (χ3v) is 4.80. The molecule has 1 amide bonds. The molecule has 0 radical (unpaired) electrons. The molecule has 1 atom stereocenters. The molecule has 0 spiro atoms. The Morgan fingerprint density at radius 2 is 2.10 bits per heavy atom. The quantitative estimate of drug-likeness (QED) is 0.821. The van der Waals surface area contributed by atoms with E-state index in [1.54, 1.807) is 0 Å². The molecule has 1 aromatic carbocycles. The number of carbonyl (C=O) groups excluding carboxylic acids is 1. The second-order valence-corrected chi connectivity index (χ2v) is 7.40. The summed E-state index contributed by atoms with van der Waals surface area (Å²) in [6.45, 7) is 6.04. The molecule has 1 aromatic rings. The highest BCUT2D eigenvalue weighted by Crippen LogP contribution is 2.45. The Morgan fingerprint density at radius 1 is 1.33 bits per heavy atom. The average molecular weight is 307 g/mol. The van der Waals surface area contributed by atoms with E-state index in [0.29, 0.717) is 12.6 Å². The van der Waals surface area contributed by atoms with Crippen LogP contribution in [-0.4, -0.2) is 19.0 Å². The fourth-order valence-corrected chi connectivity index (χ4v) is 3.47. The van der Waals surface area contributed by atoms with E-state index in [9.17, 15) is 4.79 Å². The van der Waals surface area contributed by atoms with Crippen molar-refractivity contribution in [1.29, 1.82) is 0 Å². The van der Waals surface area contributed by atoms with Crippen molar-refractivity contribution in [3.05, 3.63) is 34.3 Å². The molecule has 1 fully saturated rings. The number of nitrogens with one attached hydrogen (secondary N) is 2. The molecule has 1 saturated carbocycles. The molecular weight excluding hydrogens is 284 g/mol. The number of amides is 1. The number of carbonyl (C=O) groups is 1. The molecule has 114 valence electrons. The molecule has 0 aromatic heterocycles. The number of fused-ring (bicyclic) bond motifs is 1. The van der Waals surface area contributed by atoms with Gasteiger partial charge in [0.05, 0.1) is 0 Å². The molecule has 2 aliphatic rings. The first-order chi connectivity index (χ1) is 9.97. The van der Waals surface area contributed by atoms with Crippen molar-refractivity contribution >= 4 is 17.5 Å². The Balaban J connectivity index is 1.58. The van der Waals surface area contributed by atoms with Crippen molar-refractivity contribution < 1.29 is 4.79 Å². The van der Waals surface area contributed by atoms with Gasteiger partial charge in [-0.2, -0.15) is 0 Å². The second kappa shape index (κ2) is 5.62. The highest BCUT2D eigenvalue weighted by molar-refractivity contribution is 6.30. The van der Waals surface area contributed by atoms with Gasteiger partial charge in [-0.3, -0.25) is 4.79 Å². The lowest BCUT2D eigenvalue weighted by Crippen LogP contribution is -2.37. The molecule has 0 saturated heterocycles. The smallest absolute Gasteiger partial charge is 0.223 e. The molecule has 3 nitrogen and oxygen atoms in total. The first-order valence-electron chi connectivity index (χ1n) is 7.77. The van der Waals surface area contributed by atoms with Crippen LogP contribution in [0.25, 0.3) is 0 Å². The predicted octanol–water partition coefficient (Wildman–Crippen LogP) is 3.08. The van der Waals surface area contributed by atoms with E-state index in [1.165, 1.54) is 11.1 Å². The van der Waals surface area contributed by atoms with Crippen molar-refractivity contribution in [2.75, 3.05) is 13.1 Å². The van der Waals surface area contributed by atoms with Gasteiger partial charge in [-0.15, -0.1) is 0 Å². The van der Waals surface area contributed by atoms with Crippen molar-refractivity contribution in [2.45, 2.75) is 39.2 Å². The third-order valence-electron chi connectivity index (χ3n) is 4.57. The summed E-state index contributed by atoms with van der Waals surface area (Å²) in [6, 6.07) is 6.47. The molecule has 21 heavy (non-hydrogen) atoms. The normalized spacial score (nSPS) is 22.9. The van der Waals surface area contributed by atoms with Gasteiger partial charge in [-0.05, 0) is 47.9 Å². The first kappa shape index (κ1) is 14.9.